The zero-order valence-electron chi connectivity index (χ0n) is 13.8. The molecule has 136 valence electrons. The van der Waals surface area contributed by atoms with E-state index in [1.54, 1.807) is 22.9 Å². The lowest BCUT2D eigenvalue weighted by molar-refractivity contribution is 0.205. The van der Waals surface area contributed by atoms with E-state index in [9.17, 15) is 13.6 Å². The molecule has 0 saturated heterocycles. The quantitative estimate of drug-likeness (QED) is 0.499. The van der Waals surface area contributed by atoms with Gasteiger partial charge in [-0.25, -0.2) is 23.5 Å². The van der Waals surface area contributed by atoms with E-state index in [0.717, 1.165) is 32.1 Å². The van der Waals surface area contributed by atoms with Crippen molar-refractivity contribution in [3.63, 3.8) is 0 Å². The highest BCUT2D eigenvalue weighted by Gasteiger charge is 2.25. The molecule has 0 unspecified atom stereocenters. The van der Waals surface area contributed by atoms with Crippen molar-refractivity contribution in [1.82, 2.24) is 14.9 Å². The second-order valence-corrected chi connectivity index (χ2v) is 8.12. The van der Waals surface area contributed by atoms with Crippen molar-refractivity contribution >= 4 is 54.3 Å². The van der Waals surface area contributed by atoms with Gasteiger partial charge in [0.05, 0.1) is 27.0 Å². The van der Waals surface area contributed by atoms with Crippen molar-refractivity contribution < 1.29 is 13.6 Å². The monoisotopic (exact) mass is 402 g/mol. The number of rotatable bonds is 1. The first-order valence-electron chi connectivity index (χ1n) is 8.24. The van der Waals surface area contributed by atoms with Crippen molar-refractivity contribution in [2.45, 2.75) is 13.0 Å². The van der Waals surface area contributed by atoms with Crippen LogP contribution in [0.15, 0.2) is 29.8 Å². The molecular weight excluding hydrogens is 390 g/mol. The van der Waals surface area contributed by atoms with Crippen LogP contribution in [-0.2, 0) is 13.0 Å². The number of amides is 2. The molecule has 0 bridgehead atoms. The summed E-state index contributed by atoms with van der Waals surface area (Å²) in [6.07, 6.45) is 0.485. The summed E-state index contributed by atoms with van der Waals surface area (Å²) in [7, 11) is 0. The molecule has 0 aliphatic carbocycles. The summed E-state index contributed by atoms with van der Waals surface area (Å²) in [6, 6.07) is 6.19. The van der Waals surface area contributed by atoms with E-state index in [4.69, 9.17) is 0 Å². The average Bonchev–Trinajstić information content (AvgIpc) is 3.30. The van der Waals surface area contributed by atoms with Crippen molar-refractivity contribution in [3.8, 4) is 0 Å². The normalized spacial score (nSPS) is 13.9. The summed E-state index contributed by atoms with van der Waals surface area (Å²) in [6.45, 7) is 0.469. The van der Waals surface area contributed by atoms with Gasteiger partial charge in [0, 0.05) is 12.1 Å². The molecule has 27 heavy (non-hydrogen) atoms. The van der Waals surface area contributed by atoms with Crippen LogP contribution in [0.5, 0.6) is 0 Å². The molecule has 4 aromatic rings. The first kappa shape index (κ1) is 16.5. The van der Waals surface area contributed by atoms with Crippen molar-refractivity contribution in [3.05, 3.63) is 52.5 Å². The van der Waals surface area contributed by atoms with Gasteiger partial charge in [-0.15, -0.1) is 11.3 Å². The number of nitrogens with zero attached hydrogens (tertiary/aromatic N) is 3. The number of fused-ring (bicyclic) bond motifs is 4. The zero-order chi connectivity index (χ0) is 18.5. The van der Waals surface area contributed by atoms with Crippen LogP contribution < -0.4 is 5.32 Å². The minimum Gasteiger partial charge on any atom is -0.320 e. The summed E-state index contributed by atoms with van der Waals surface area (Å²) in [5.74, 6) is -1.77. The fourth-order valence-corrected chi connectivity index (χ4v) is 4.98. The van der Waals surface area contributed by atoms with Gasteiger partial charge >= 0.3 is 6.03 Å². The minimum atomic E-state index is -0.894. The standard InChI is InChI=1S/C18H12F2N4OS2/c19-11-2-1-9-5-6-24(7-10(9)14(11)20)18(25)23-17-22-12-3-4-13-15(16(12)27-17)21-8-26-13/h1-4,8H,5-7H2,(H,22,23,25). The first-order valence-corrected chi connectivity index (χ1v) is 9.94. The van der Waals surface area contributed by atoms with Gasteiger partial charge in [-0.1, -0.05) is 17.4 Å². The van der Waals surface area contributed by atoms with E-state index in [1.165, 1.54) is 16.2 Å². The largest absolute Gasteiger partial charge is 0.323 e. The van der Waals surface area contributed by atoms with Crippen LogP contribution in [0.4, 0.5) is 18.7 Å². The molecule has 2 aromatic carbocycles. The second-order valence-electron chi connectivity index (χ2n) is 6.23. The van der Waals surface area contributed by atoms with Gasteiger partial charge in [0.1, 0.15) is 5.52 Å². The number of hydrogen-bond donors (Lipinski definition) is 1. The maximum atomic E-state index is 14.1. The van der Waals surface area contributed by atoms with Crippen molar-refractivity contribution in [2.75, 3.05) is 11.9 Å². The molecule has 5 nitrogen and oxygen atoms in total. The molecule has 0 atom stereocenters. The maximum absolute atomic E-state index is 14.1. The highest BCUT2D eigenvalue weighted by molar-refractivity contribution is 7.24. The Kier molecular flexibility index (Phi) is 3.80. The molecule has 0 saturated carbocycles. The fraction of sp³-hybridized carbons (Fsp3) is 0.167. The van der Waals surface area contributed by atoms with Crippen LogP contribution >= 0.6 is 22.7 Å². The lowest BCUT2D eigenvalue weighted by Crippen LogP contribution is -2.39. The number of urea groups is 1. The molecule has 1 aliphatic rings. The van der Waals surface area contributed by atoms with Gasteiger partial charge in [-0.2, -0.15) is 0 Å². The Morgan fingerprint density at radius 2 is 2.11 bits per heavy atom. The Labute approximate surface area is 160 Å². The van der Waals surface area contributed by atoms with Gasteiger partial charge in [-0.3, -0.25) is 5.32 Å². The Morgan fingerprint density at radius 1 is 1.22 bits per heavy atom. The van der Waals surface area contributed by atoms with Crippen molar-refractivity contribution in [1.29, 1.82) is 0 Å². The van der Waals surface area contributed by atoms with Crippen LogP contribution in [0.25, 0.3) is 20.4 Å². The molecule has 1 N–H and O–H groups in total. The number of thiazole rings is 2. The zero-order valence-corrected chi connectivity index (χ0v) is 15.5. The fourth-order valence-electron chi connectivity index (χ4n) is 3.27. The average molecular weight is 402 g/mol. The Balaban J connectivity index is 1.40. The number of hydrogen-bond acceptors (Lipinski definition) is 5. The lowest BCUT2D eigenvalue weighted by Gasteiger charge is -2.28. The molecule has 0 radical (unpaired) electrons. The molecule has 3 heterocycles. The first-order chi connectivity index (χ1) is 13.1. The summed E-state index contributed by atoms with van der Waals surface area (Å²) < 4.78 is 29.5. The SMILES string of the molecule is O=C(Nc1nc2ccc3scnc3c2s1)N1CCc2ccc(F)c(F)c2C1. The van der Waals surface area contributed by atoms with Gasteiger partial charge in [0.15, 0.2) is 16.8 Å². The molecule has 2 amide bonds. The highest BCUT2D eigenvalue weighted by atomic mass is 32.1. The van der Waals surface area contributed by atoms with Crippen LogP contribution in [0, 0.1) is 11.6 Å². The van der Waals surface area contributed by atoms with Crippen LogP contribution in [0.2, 0.25) is 0 Å². The Bertz CT molecular complexity index is 1200. The predicted molar refractivity (Wildman–Crippen MR) is 102 cm³/mol. The molecule has 9 heteroatoms. The van der Waals surface area contributed by atoms with Gasteiger partial charge < -0.3 is 4.90 Å². The highest BCUT2D eigenvalue weighted by Crippen LogP contribution is 2.33. The number of anilines is 1. The molecule has 0 spiro atoms. The molecular formula is C18H12F2N4OS2. The molecule has 1 aliphatic heterocycles. The molecule has 5 rings (SSSR count). The smallest absolute Gasteiger partial charge is 0.320 e. The maximum Gasteiger partial charge on any atom is 0.323 e. The number of aromatic nitrogens is 2. The topological polar surface area (TPSA) is 58.1 Å². The molecule has 0 fully saturated rings. The van der Waals surface area contributed by atoms with E-state index in [1.807, 2.05) is 12.1 Å². The van der Waals surface area contributed by atoms with Crippen LogP contribution in [0.3, 0.4) is 0 Å². The van der Waals surface area contributed by atoms with Gasteiger partial charge in [0.2, 0.25) is 0 Å². The number of benzene rings is 2. The summed E-state index contributed by atoms with van der Waals surface area (Å²) in [5, 5.41) is 3.24. The van der Waals surface area contributed by atoms with Crippen molar-refractivity contribution in [2.24, 2.45) is 0 Å². The number of halogens is 2. The summed E-state index contributed by atoms with van der Waals surface area (Å²) in [5.41, 5.74) is 4.40. The summed E-state index contributed by atoms with van der Waals surface area (Å²) in [4.78, 5) is 22.9. The van der Waals surface area contributed by atoms with Crippen LogP contribution in [-0.4, -0.2) is 27.4 Å². The third-order valence-corrected chi connectivity index (χ3v) is 6.44. The minimum absolute atomic E-state index is 0.0337. The summed E-state index contributed by atoms with van der Waals surface area (Å²) >= 11 is 2.91. The number of carbonyl (C=O) groups excluding carboxylic acids is 1. The van der Waals surface area contributed by atoms with E-state index in [2.05, 4.69) is 15.3 Å². The lowest BCUT2D eigenvalue weighted by atomic mass is 9.99. The number of nitrogens with one attached hydrogen (secondary N) is 1. The molecule has 2 aromatic heterocycles. The van der Waals surface area contributed by atoms with E-state index in [0.29, 0.717) is 18.1 Å². The predicted octanol–water partition coefficient (Wildman–Crippen LogP) is 4.77. The van der Waals surface area contributed by atoms with Gasteiger partial charge in [0.25, 0.3) is 0 Å². The number of carbonyl (C=O) groups is 1. The second kappa shape index (κ2) is 6.21. The van der Waals surface area contributed by atoms with E-state index in [-0.39, 0.29) is 18.1 Å². The van der Waals surface area contributed by atoms with Gasteiger partial charge in [-0.05, 0) is 30.2 Å². The Hall–Kier alpha value is -2.65. The van der Waals surface area contributed by atoms with Crippen LogP contribution in [0.1, 0.15) is 11.1 Å². The van der Waals surface area contributed by atoms with E-state index < -0.39 is 11.6 Å². The Morgan fingerprint density at radius 3 is 3.00 bits per heavy atom. The third kappa shape index (κ3) is 2.74. The third-order valence-electron chi connectivity index (χ3n) is 4.65. The van der Waals surface area contributed by atoms with E-state index >= 15 is 0 Å².